The van der Waals surface area contributed by atoms with E-state index in [1.54, 1.807) is 0 Å². The van der Waals surface area contributed by atoms with E-state index in [0.29, 0.717) is 49.6 Å². The van der Waals surface area contributed by atoms with Crippen LogP contribution in [0.2, 0.25) is 0 Å². The summed E-state index contributed by atoms with van der Waals surface area (Å²) in [5.41, 5.74) is 0.917. The van der Waals surface area contributed by atoms with Crippen molar-refractivity contribution in [3.63, 3.8) is 0 Å². The minimum absolute atomic E-state index is 0.113. The summed E-state index contributed by atoms with van der Waals surface area (Å²) in [6.07, 6.45) is 2.92. The molecule has 1 aromatic heterocycles. The van der Waals surface area contributed by atoms with Crippen LogP contribution in [0.5, 0.6) is 5.75 Å². The third-order valence-electron chi connectivity index (χ3n) is 6.92. The van der Waals surface area contributed by atoms with Crippen LogP contribution in [0.15, 0.2) is 42.5 Å². The van der Waals surface area contributed by atoms with Crippen molar-refractivity contribution in [2.24, 2.45) is 0 Å². The van der Waals surface area contributed by atoms with Gasteiger partial charge in [-0.2, -0.15) is 0 Å². The first-order valence-corrected chi connectivity index (χ1v) is 12.2. The van der Waals surface area contributed by atoms with Crippen LogP contribution in [0.1, 0.15) is 25.7 Å². The highest BCUT2D eigenvalue weighted by molar-refractivity contribution is 6.00. The molecule has 0 saturated carbocycles. The number of nitrogens with one attached hydrogen (secondary N) is 1. The van der Waals surface area contributed by atoms with Gasteiger partial charge in [0.2, 0.25) is 5.91 Å². The van der Waals surface area contributed by atoms with Crippen molar-refractivity contribution in [1.29, 1.82) is 0 Å². The number of amides is 1. The zero-order valence-corrected chi connectivity index (χ0v) is 19.5. The van der Waals surface area contributed by atoms with Gasteiger partial charge in [-0.25, -0.2) is 4.39 Å². The van der Waals surface area contributed by atoms with Gasteiger partial charge < -0.3 is 20.4 Å². The first-order chi connectivity index (χ1) is 17.0. The molecule has 5 rings (SSSR count). The van der Waals surface area contributed by atoms with Gasteiger partial charge >= 0.3 is 0 Å². The normalized spacial score (nSPS) is 19.7. The van der Waals surface area contributed by atoms with Gasteiger partial charge in [-0.3, -0.25) is 9.69 Å². The van der Waals surface area contributed by atoms with Crippen LogP contribution in [0.3, 0.4) is 0 Å². The molecular formula is C26H30FN5O3. The van der Waals surface area contributed by atoms with Crippen molar-refractivity contribution in [3.8, 4) is 17.0 Å². The van der Waals surface area contributed by atoms with Crippen molar-refractivity contribution in [3.05, 3.63) is 48.3 Å². The Morgan fingerprint density at radius 2 is 1.83 bits per heavy atom. The van der Waals surface area contributed by atoms with E-state index >= 15 is 0 Å². The summed E-state index contributed by atoms with van der Waals surface area (Å²) in [4.78, 5) is 16.8. The maximum atomic E-state index is 13.5. The monoisotopic (exact) mass is 479 g/mol. The van der Waals surface area contributed by atoms with E-state index in [0.717, 1.165) is 42.8 Å². The molecule has 2 saturated heterocycles. The fourth-order valence-corrected chi connectivity index (χ4v) is 5.03. The molecule has 8 nitrogen and oxygen atoms in total. The van der Waals surface area contributed by atoms with Crippen LogP contribution >= 0.6 is 0 Å². The molecule has 3 N–H and O–H groups in total. The topological polar surface area (TPSA) is 102 Å². The number of benzene rings is 2. The van der Waals surface area contributed by atoms with Crippen molar-refractivity contribution in [2.75, 3.05) is 38.0 Å². The molecule has 1 atom stereocenters. The van der Waals surface area contributed by atoms with E-state index in [-0.39, 0.29) is 23.8 Å². The highest BCUT2D eigenvalue weighted by Crippen LogP contribution is 2.35. The first kappa shape index (κ1) is 23.4. The van der Waals surface area contributed by atoms with Crippen molar-refractivity contribution in [2.45, 2.75) is 37.8 Å². The molecule has 0 unspecified atom stereocenters. The Morgan fingerprint density at radius 1 is 1.06 bits per heavy atom. The maximum absolute atomic E-state index is 13.5. The van der Waals surface area contributed by atoms with E-state index in [1.165, 1.54) is 12.1 Å². The number of hydrogen-bond donors (Lipinski definition) is 3. The lowest BCUT2D eigenvalue weighted by atomic mass is 10.0. The number of fused-ring (bicyclic) bond motifs is 1. The Hall–Kier alpha value is -3.30. The minimum Gasteiger partial charge on any atom is -0.507 e. The second kappa shape index (κ2) is 10.1. The molecule has 35 heavy (non-hydrogen) atoms. The third kappa shape index (κ3) is 5.21. The Balaban J connectivity index is 1.31. The number of rotatable bonds is 5. The van der Waals surface area contributed by atoms with Gasteiger partial charge in [-0.15, -0.1) is 10.2 Å². The molecule has 0 radical (unpaired) electrons. The summed E-state index contributed by atoms with van der Waals surface area (Å²) >= 11 is 0. The third-order valence-corrected chi connectivity index (χ3v) is 6.92. The van der Waals surface area contributed by atoms with E-state index in [2.05, 4.69) is 20.4 Å². The Bertz CT molecular complexity index is 1210. The number of piperidine rings is 2. The van der Waals surface area contributed by atoms with Crippen LogP contribution in [0.25, 0.3) is 22.0 Å². The zero-order valence-electron chi connectivity index (χ0n) is 19.5. The number of nitrogens with zero attached hydrogens (tertiary/aromatic N) is 4. The molecule has 184 valence electrons. The lowest BCUT2D eigenvalue weighted by molar-refractivity contribution is -0.134. The maximum Gasteiger partial charge on any atom is 0.236 e. The number of phenols is 1. The van der Waals surface area contributed by atoms with Gasteiger partial charge in [-0.1, -0.05) is 24.3 Å². The summed E-state index contributed by atoms with van der Waals surface area (Å²) in [6, 6.07) is 11.7. The molecule has 2 aromatic carbocycles. The summed E-state index contributed by atoms with van der Waals surface area (Å²) in [7, 11) is 0. The van der Waals surface area contributed by atoms with Gasteiger partial charge in [0.1, 0.15) is 17.3 Å². The summed E-state index contributed by atoms with van der Waals surface area (Å²) in [5, 5.41) is 34.0. The van der Waals surface area contributed by atoms with Crippen LogP contribution in [0.4, 0.5) is 10.2 Å². The van der Waals surface area contributed by atoms with E-state index in [1.807, 2.05) is 29.2 Å². The minimum atomic E-state index is -0.514. The highest BCUT2D eigenvalue weighted by Gasteiger charge is 2.27. The highest BCUT2D eigenvalue weighted by atomic mass is 19.1. The van der Waals surface area contributed by atoms with E-state index in [4.69, 9.17) is 0 Å². The lowest BCUT2D eigenvalue weighted by Crippen LogP contribution is -2.49. The van der Waals surface area contributed by atoms with Crippen molar-refractivity contribution < 1.29 is 19.4 Å². The standard InChI is InChI=1S/C26H30FN5O3/c27-17-7-8-22(23(34)14-17)25-20-5-1-2-6-21(20)26(30-29-25)28-18-4-3-11-31(15-18)16-24(35)32-12-9-19(33)10-13-32/h1-2,5-8,14,18-19,33-34H,3-4,9-13,15-16H2,(H,28,30)/t18-/m1/s1. The van der Waals surface area contributed by atoms with Crippen molar-refractivity contribution >= 4 is 22.5 Å². The summed E-state index contributed by atoms with van der Waals surface area (Å²) < 4.78 is 13.5. The molecule has 9 heteroatoms. The zero-order chi connectivity index (χ0) is 24.4. The van der Waals surface area contributed by atoms with Crippen LogP contribution < -0.4 is 5.32 Å². The van der Waals surface area contributed by atoms with Gasteiger partial charge in [0.25, 0.3) is 0 Å². The number of aliphatic hydroxyl groups excluding tert-OH is 1. The van der Waals surface area contributed by atoms with E-state index in [9.17, 15) is 19.4 Å². The second-order valence-electron chi connectivity index (χ2n) is 9.43. The van der Waals surface area contributed by atoms with Gasteiger partial charge in [0.15, 0.2) is 5.82 Å². The number of aromatic hydroxyl groups is 1. The predicted molar refractivity (Wildman–Crippen MR) is 132 cm³/mol. The van der Waals surface area contributed by atoms with E-state index < -0.39 is 5.82 Å². The average Bonchev–Trinajstić information content (AvgIpc) is 2.85. The number of anilines is 1. The SMILES string of the molecule is O=C(CN1CCC[C@@H](Nc2nnc(-c3ccc(F)cc3O)c3ccccc23)C1)N1CCC(O)CC1. The molecule has 3 heterocycles. The fourth-order valence-electron chi connectivity index (χ4n) is 5.03. The molecule has 0 bridgehead atoms. The molecule has 2 aliphatic rings. The number of halogens is 1. The predicted octanol–water partition coefficient (Wildman–Crippen LogP) is 3.00. The number of hydrogen-bond acceptors (Lipinski definition) is 7. The number of carbonyl (C=O) groups is 1. The quantitative estimate of drug-likeness (QED) is 0.517. The van der Waals surface area contributed by atoms with Gasteiger partial charge in [0, 0.05) is 48.1 Å². The second-order valence-corrected chi connectivity index (χ2v) is 9.43. The average molecular weight is 480 g/mol. The Labute approximate surface area is 203 Å². The molecule has 2 aliphatic heterocycles. The molecular weight excluding hydrogens is 449 g/mol. The number of carbonyl (C=O) groups excluding carboxylic acids is 1. The lowest BCUT2D eigenvalue weighted by Gasteiger charge is -2.35. The first-order valence-electron chi connectivity index (χ1n) is 12.2. The number of aromatic nitrogens is 2. The van der Waals surface area contributed by atoms with Gasteiger partial charge in [0.05, 0.1) is 12.6 Å². The molecule has 0 spiro atoms. The molecule has 0 aliphatic carbocycles. The largest absolute Gasteiger partial charge is 0.507 e. The number of aliphatic hydroxyl groups is 1. The van der Waals surface area contributed by atoms with Crippen LogP contribution in [-0.4, -0.2) is 81.0 Å². The smallest absolute Gasteiger partial charge is 0.236 e. The fraction of sp³-hybridized carbons (Fsp3) is 0.423. The Morgan fingerprint density at radius 3 is 2.60 bits per heavy atom. The van der Waals surface area contributed by atoms with Crippen LogP contribution in [0, 0.1) is 5.82 Å². The number of likely N-dealkylation sites (tertiary alicyclic amines) is 2. The summed E-state index contributed by atoms with van der Waals surface area (Å²) in [6.45, 7) is 3.21. The molecule has 2 fully saturated rings. The summed E-state index contributed by atoms with van der Waals surface area (Å²) in [5.74, 6) is 0.0707. The van der Waals surface area contributed by atoms with Crippen molar-refractivity contribution in [1.82, 2.24) is 20.0 Å². The van der Waals surface area contributed by atoms with Crippen LogP contribution in [-0.2, 0) is 4.79 Å². The number of phenolic OH excluding ortho intramolecular Hbond substituents is 1. The Kier molecular flexibility index (Phi) is 6.79. The molecule has 3 aromatic rings. The van der Waals surface area contributed by atoms with Gasteiger partial charge in [-0.05, 0) is 44.4 Å². The molecule has 1 amide bonds.